The van der Waals surface area contributed by atoms with Crippen molar-refractivity contribution in [1.29, 1.82) is 0 Å². The molecule has 1 aliphatic rings. The molecule has 1 aliphatic heterocycles. The zero-order valence-electron chi connectivity index (χ0n) is 7.12. The van der Waals surface area contributed by atoms with E-state index in [0.29, 0.717) is 11.4 Å². The highest BCUT2D eigenvalue weighted by Gasteiger charge is 2.24. The van der Waals surface area contributed by atoms with Gasteiger partial charge in [0.15, 0.2) is 0 Å². The number of ether oxygens (including phenoxy) is 1. The molecule has 11 heavy (non-hydrogen) atoms. The SMILES string of the molecule is CC1OCCC1SC[C@H](C)O. The van der Waals surface area contributed by atoms with Crippen LogP contribution in [0.25, 0.3) is 0 Å². The highest BCUT2D eigenvalue weighted by Crippen LogP contribution is 2.26. The quantitative estimate of drug-likeness (QED) is 0.702. The van der Waals surface area contributed by atoms with Crippen LogP contribution in [0.5, 0.6) is 0 Å². The summed E-state index contributed by atoms with van der Waals surface area (Å²) in [6.07, 6.45) is 1.32. The van der Waals surface area contributed by atoms with Gasteiger partial charge in [0.2, 0.25) is 0 Å². The van der Waals surface area contributed by atoms with Crippen LogP contribution in [0.3, 0.4) is 0 Å². The van der Waals surface area contributed by atoms with Crippen molar-refractivity contribution in [3.8, 4) is 0 Å². The Hall–Kier alpha value is 0.270. The molecule has 66 valence electrons. The van der Waals surface area contributed by atoms with Gasteiger partial charge in [-0.25, -0.2) is 0 Å². The molecule has 0 aromatic carbocycles. The average Bonchev–Trinajstić information content (AvgIpc) is 2.31. The summed E-state index contributed by atoms with van der Waals surface area (Å²) in [4.78, 5) is 0. The Kier molecular flexibility index (Phi) is 3.69. The van der Waals surface area contributed by atoms with Gasteiger partial charge in [-0.1, -0.05) is 0 Å². The maximum Gasteiger partial charge on any atom is 0.0666 e. The smallest absolute Gasteiger partial charge is 0.0666 e. The molecule has 3 heteroatoms. The van der Waals surface area contributed by atoms with E-state index in [1.54, 1.807) is 0 Å². The third-order valence-corrected chi connectivity index (χ3v) is 3.58. The fourth-order valence-electron chi connectivity index (χ4n) is 1.19. The van der Waals surface area contributed by atoms with Gasteiger partial charge < -0.3 is 9.84 Å². The molecule has 2 unspecified atom stereocenters. The molecule has 1 fully saturated rings. The predicted molar refractivity (Wildman–Crippen MR) is 48.0 cm³/mol. The monoisotopic (exact) mass is 176 g/mol. The van der Waals surface area contributed by atoms with Crippen molar-refractivity contribution in [1.82, 2.24) is 0 Å². The van der Waals surface area contributed by atoms with E-state index in [4.69, 9.17) is 9.84 Å². The Morgan fingerprint density at radius 2 is 2.45 bits per heavy atom. The first-order chi connectivity index (χ1) is 5.20. The lowest BCUT2D eigenvalue weighted by atomic mass is 10.3. The molecule has 0 aromatic rings. The van der Waals surface area contributed by atoms with Gasteiger partial charge >= 0.3 is 0 Å². The summed E-state index contributed by atoms with van der Waals surface area (Å²) in [5, 5.41) is 9.64. The van der Waals surface area contributed by atoms with E-state index in [2.05, 4.69) is 6.92 Å². The van der Waals surface area contributed by atoms with E-state index in [9.17, 15) is 0 Å². The van der Waals surface area contributed by atoms with E-state index >= 15 is 0 Å². The standard InChI is InChI=1S/C8H16O2S/c1-6(9)5-11-8-3-4-10-7(8)2/h6-9H,3-5H2,1-2H3/t6-,7?,8?/m0/s1. The number of aliphatic hydroxyl groups excluding tert-OH is 1. The minimum absolute atomic E-state index is 0.187. The molecule has 1 heterocycles. The zero-order chi connectivity index (χ0) is 8.27. The number of rotatable bonds is 3. The molecular formula is C8H16O2S. The van der Waals surface area contributed by atoms with Crippen LogP contribution in [-0.4, -0.2) is 34.9 Å². The summed E-state index contributed by atoms with van der Waals surface area (Å²) in [6.45, 7) is 4.82. The molecule has 1 saturated heterocycles. The van der Waals surface area contributed by atoms with Crippen molar-refractivity contribution in [2.75, 3.05) is 12.4 Å². The molecule has 0 spiro atoms. The fourth-order valence-corrected chi connectivity index (χ4v) is 2.33. The van der Waals surface area contributed by atoms with Crippen molar-refractivity contribution in [2.45, 2.75) is 37.7 Å². The molecule has 0 aromatic heterocycles. The fraction of sp³-hybridized carbons (Fsp3) is 1.00. The van der Waals surface area contributed by atoms with Crippen molar-refractivity contribution in [3.63, 3.8) is 0 Å². The average molecular weight is 176 g/mol. The number of thioether (sulfide) groups is 1. The number of hydrogen-bond donors (Lipinski definition) is 1. The maximum absolute atomic E-state index is 9.04. The van der Waals surface area contributed by atoms with Gasteiger partial charge in [-0.05, 0) is 20.3 Å². The van der Waals surface area contributed by atoms with Crippen LogP contribution in [0.2, 0.25) is 0 Å². The van der Waals surface area contributed by atoms with Crippen molar-refractivity contribution in [2.24, 2.45) is 0 Å². The first-order valence-electron chi connectivity index (χ1n) is 4.11. The lowest BCUT2D eigenvalue weighted by Crippen LogP contribution is -2.16. The van der Waals surface area contributed by atoms with E-state index in [0.717, 1.165) is 18.8 Å². The van der Waals surface area contributed by atoms with Gasteiger partial charge in [0.05, 0.1) is 12.2 Å². The van der Waals surface area contributed by atoms with E-state index in [1.165, 1.54) is 0 Å². The Bertz CT molecular complexity index is 117. The maximum atomic E-state index is 9.04. The van der Waals surface area contributed by atoms with E-state index in [-0.39, 0.29) is 6.10 Å². The summed E-state index contributed by atoms with van der Waals surface area (Å²) >= 11 is 1.83. The highest BCUT2D eigenvalue weighted by atomic mass is 32.2. The lowest BCUT2D eigenvalue weighted by Gasteiger charge is -2.13. The van der Waals surface area contributed by atoms with Crippen LogP contribution in [0.4, 0.5) is 0 Å². The Balaban J connectivity index is 2.15. The van der Waals surface area contributed by atoms with Crippen molar-refractivity contribution in [3.05, 3.63) is 0 Å². The topological polar surface area (TPSA) is 29.5 Å². The predicted octanol–water partition coefficient (Wildman–Crippen LogP) is 1.28. The third kappa shape index (κ3) is 3.01. The highest BCUT2D eigenvalue weighted by molar-refractivity contribution is 8.00. The molecule has 0 bridgehead atoms. The van der Waals surface area contributed by atoms with Gasteiger partial charge in [0, 0.05) is 17.6 Å². The number of aliphatic hydroxyl groups is 1. The normalized spacial score (nSPS) is 34.1. The van der Waals surface area contributed by atoms with Crippen LogP contribution in [0, 0.1) is 0 Å². The molecule has 1 rings (SSSR count). The van der Waals surface area contributed by atoms with Crippen LogP contribution in [0.1, 0.15) is 20.3 Å². The van der Waals surface area contributed by atoms with Crippen LogP contribution in [-0.2, 0) is 4.74 Å². The van der Waals surface area contributed by atoms with Gasteiger partial charge in [0.25, 0.3) is 0 Å². The molecule has 0 radical (unpaired) electrons. The van der Waals surface area contributed by atoms with Crippen LogP contribution in [0.15, 0.2) is 0 Å². The summed E-state index contributed by atoms with van der Waals surface area (Å²) < 4.78 is 5.40. The summed E-state index contributed by atoms with van der Waals surface area (Å²) in [5.74, 6) is 0.832. The van der Waals surface area contributed by atoms with Crippen LogP contribution >= 0.6 is 11.8 Å². The van der Waals surface area contributed by atoms with Crippen molar-refractivity contribution < 1.29 is 9.84 Å². The Morgan fingerprint density at radius 1 is 1.73 bits per heavy atom. The number of hydrogen-bond acceptors (Lipinski definition) is 3. The second kappa shape index (κ2) is 4.33. The minimum atomic E-state index is -0.187. The second-order valence-corrected chi connectivity index (χ2v) is 4.36. The largest absolute Gasteiger partial charge is 0.393 e. The van der Waals surface area contributed by atoms with E-state index < -0.39 is 0 Å². The van der Waals surface area contributed by atoms with Gasteiger partial charge in [-0.15, -0.1) is 0 Å². The first kappa shape index (κ1) is 9.36. The first-order valence-corrected chi connectivity index (χ1v) is 5.16. The molecule has 0 saturated carbocycles. The molecule has 0 aliphatic carbocycles. The van der Waals surface area contributed by atoms with E-state index in [1.807, 2.05) is 18.7 Å². The van der Waals surface area contributed by atoms with Gasteiger partial charge in [-0.2, -0.15) is 11.8 Å². The van der Waals surface area contributed by atoms with Crippen molar-refractivity contribution >= 4 is 11.8 Å². The molecule has 2 nitrogen and oxygen atoms in total. The summed E-state index contributed by atoms with van der Waals surface area (Å²) in [7, 11) is 0. The van der Waals surface area contributed by atoms with Gasteiger partial charge in [-0.3, -0.25) is 0 Å². The van der Waals surface area contributed by atoms with Gasteiger partial charge in [0.1, 0.15) is 0 Å². The summed E-state index contributed by atoms with van der Waals surface area (Å²) in [6, 6.07) is 0. The van der Waals surface area contributed by atoms with Crippen LogP contribution < -0.4 is 0 Å². The molecule has 3 atom stereocenters. The summed E-state index contributed by atoms with van der Waals surface area (Å²) in [5.41, 5.74) is 0. The Morgan fingerprint density at radius 3 is 2.91 bits per heavy atom. The minimum Gasteiger partial charge on any atom is -0.393 e. The second-order valence-electron chi connectivity index (χ2n) is 3.09. The molecule has 0 amide bonds. The lowest BCUT2D eigenvalue weighted by molar-refractivity contribution is 0.127. The zero-order valence-corrected chi connectivity index (χ0v) is 7.93. The molecule has 1 N–H and O–H groups in total. The molecular weight excluding hydrogens is 160 g/mol. The Labute approximate surface area is 72.3 Å². The third-order valence-electron chi connectivity index (χ3n) is 1.86.